The van der Waals surface area contributed by atoms with Crippen molar-refractivity contribution in [2.24, 2.45) is 5.92 Å². The third kappa shape index (κ3) is 1.58. The average molecular weight is 153 g/mol. The molecular weight excluding hydrogens is 142 g/mol. The largest absolute Gasteiger partial charge is 0.373 e. The van der Waals surface area contributed by atoms with E-state index in [0.717, 1.165) is 6.42 Å². The highest BCUT2D eigenvalue weighted by molar-refractivity contribution is 5.85. The van der Waals surface area contributed by atoms with Gasteiger partial charge in [0, 0.05) is 25.9 Å². The summed E-state index contributed by atoms with van der Waals surface area (Å²) in [5, 5.41) is 8.41. The van der Waals surface area contributed by atoms with Crippen molar-refractivity contribution >= 4 is 5.78 Å². The Morgan fingerprint density at radius 3 is 3.09 bits per heavy atom. The highest BCUT2D eigenvalue weighted by Crippen LogP contribution is 2.27. The van der Waals surface area contributed by atoms with E-state index in [4.69, 9.17) is 10.00 Å². The molecule has 0 saturated heterocycles. The molecule has 0 heterocycles. The first-order valence-electron chi connectivity index (χ1n) is 3.72. The number of ether oxygens (including phenoxy) is 1. The lowest BCUT2D eigenvalue weighted by Gasteiger charge is -2.12. The van der Waals surface area contributed by atoms with Gasteiger partial charge in [-0.05, 0) is 6.42 Å². The second-order valence-electron chi connectivity index (χ2n) is 2.78. The molecule has 0 spiro atoms. The summed E-state index contributed by atoms with van der Waals surface area (Å²) in [6, 6.07) is 2.06. The third-order valence-corrected chi connectivity index (χ3v) is 2.11. The number of rotatable bonds is 2. The van der Waals surface area contributed by atoms with E-state index >= 15 is 0 Å². The monoisotopic (exact) mass is 153 g/mol. The smallest absolute Gasteiger partial charge is 0.161 e. The number of nitriles is 1. The normalized spacial score (nSPS) is 30.4. The van der Waals surface area contributed by atoms with Crippen molar-refractivity contribution in [1.29, 1.82) is 5.26 Å². The quantitative estimate of drug-likeness (QED) is 0.592. The second kappa shape index (κ2) is 3.49. The Balaban J connectivity index is 2.55. The van der Waals surface area contributed by atoms with Gasteiger partial charge in [0.25, 0.3) is 0 Å². The summed E-state index contributed by atoms with van der Waals surface area (Å²) in [4.78, 5) is 11.1. The molecular formula is C8H11NO2. The van der Waals surface area contributed by atoms with Crippen LogP contribution in [-0.4, -0.2) is 19.0 Å². The van der Waals surface area contributed by atoms with Crippen molar-refractivity contribution in [3.05, 3.63) is 0 Å². The minimum atomic E-state index is -0.311. The van der Waals surface area contributed by atoms with Crippen molar-refractivity contribution in [2.75, 3.05) is 7.11 Å². The third-order valence-electron chi connectivity index (χ3n) is 2.11. The van der Waals surface area contributed by atoms with Crippen LogP contribution in [0.2, 0.25) is 0 Å². The fraction of sp³-hybridized carbons (Fsp3) is 0.750. The summed E-state index contributed by atoms with van der Waals surface area (Å²) in [5.41, 5.74) is 0. The number of hydrogen-bond donors (Lipinski definition) is 0. The molecule has 0 radical (unpaired) electrons. The Kier molecular flexibility index (Phi) is 2.61. The lowest BCUT2D eigenvalue weighted by Crippen LogP contribution is -2.23. The van der Waals surface area contributed by atoms with E-state index in [1.165, 1.54) is 7.11 Å². The SMILES string of the molecule is CO[C@@H]1C(=O)CC[C@@H]1CC#N. The van der Waals surface area contributed by atoms with Crippen LogP contribution in [0.4, 0.5) is 0 Å². The van der Waals surface area contributed by atoms with E-state index in [1.54, 1.807) is 0 Å². The Bertz CT molecular complexity index is 195. The van der Waals surface area contributed by atoms with Crippen molar-refractivity contribution < 1.29 is 9.53 Å². The first-order chi connectivity index (χ1) is 5.29. The van der Waals surface area contributed by atoms with Gasteiger partial charge in [-0.25, -0.2) is 0 Å². The zero-order valence-corrected chi connectivity index (χ0v) is 6.54. The molecule has 0 bridgehead atoms. The topological polar surface area (TPSA) is 50.1 Å². The summed E-state index contributed by atoms with van der Waals surface area (Å²) in [7, 11) is 1.53. The molecule has 0 aromatic heterocycles. The molecule has 0 amide bonds. The summed E-state index contributed by atoms with van der Waals surface area (Å²) in [6.07, 6.45) is 1.51. The van der Waals surface area contributed by atoms with E-state index in [2.05, 4.69) is 6.07 Å². The summed E-state index contributed by atoms with van der Waals surface area (Å²) in [6.45, 7) is 0. The number of methoxy groups -OCH3 is 1. The zero-order valence-electron chi connectivity index (χ0n) is 6.54. The van der Waals surface area contributed by atoms with Gasteiger partial charge in [-0.2, -0.15) is 5.26 Å². The standard InChI is InChI=1S/C8H11NO2/c1-11-8-6(4-5-9)2-3-7(8)10/h6,8H,2-4H2,1H3/t6-,8+/m1/s1. The van der Waals surface area contributed by atoms with Crippen LogP contribution in [0.5, 0.6) is 0 Å². The minimum Gasteiger partial charge on any atom is -0.373 e. The highest BCUT2D eigenvalue weighted by atomic mass is 16.5. The number of nitrogens with zero attached hydrogens (tertiary/aromatic N) is 1. The Hall–Kier alpha value is -0.880. The maximum absolute atomic E-state index is 11.1. The first-order valence-corrected chi connectivity index (χ1v) is 3.72. The van der Waals surface area contributed by atoms with Gasteiger partial charge in [-0.3, -0.25) is 4.79 Å². The number of carbonyl (C=O) groups is 1. The number of carbonyl (C=O) groups excluding carboxylic acids is 1. The molecule has 0 N–H and O–H groups in total. The van der Waals surface area contributed by atoms with Crippen molar-refractivity contribution in [1.82, 2.24) is 0 Å². The molecule has 3 heteroatoms. The number of Topliss-reactive ketones (excluding diaryl/α,β-unsaturated/α-hetero) is 1. The van der Waals surface area contributed by atoms with Crippen LogP contribution < -0.4 is 0 Å². The van der Waals surface area contributed by atoms with Gasteiger partial charge in [0.05, 0.1) is 6.07 Å². The molecule has 11 heavy (non-hydrogen) atoms. The van der Waals surface area contributed by atoms with Gasteiger partial charge in [-0.15, -0.1) is 0 Å². The van der Waals surface area contributed by atoms with Crippen LogP contribution in [0.1, 0.15) is 19.3 Å². The molecule has 1 aliphatic rings. The van der Waals surface area contributed by atoms with Gasteiger partial charge in [-0.1, -0.05) is 0 Å². The lowest BCUT2D eigenvalue weighted by atomic mass is 10.0. The van der Waals surface area contributed by atoms with E-state index < -0.39 is 0 Å². The molecule has 2 atom stereocenters. The summed E-state index contributed by atoms with van der Waals surface area (Å²) >= 11 is 0. The Morgan fingerprint density at radius 1 is 1.82 bits per heavy atom. The second-order valence-corrected chi connectivity index (χ2v) is 2.78. The molecule has 0 aliphatic heterocycles. The summed E-state index contributed by atoms with van der Waals surface area (Å²) < 4.78 is 4.99. The van der Waals surface area contributed by atoms with E-state index in [9.17, 15) is 4.79 Å². The fourth-order valence-electron chi connectivity index (χ4n) is 1.53. The number of hydrogen-bond acceptors (Lipinski definition) is 3. The molecule has 0 unspecified atom stereocenters. The molecule has 0 aromatic rings. The van der Waals surface area contributed by atoms with Crippen LogP contribution >= 0.6 is 0 Å². The van der Waals surface area contributed by atoms with Crippen LogP contribution in [0.25, 0.3) is 0 Å². The Labute approximate surface area is 66.0 Å². The molecule has 0 aromatic carbocycles. The van der Waals surface area contributed by atoms with Gasteiger partial charge >= 0.3 is 0 Å². The van der Waals surface area contributed by atoms with Crippen LogP contribution in [-0.2, 0) is 9.53 Å². The maximum atomic E-state index is 11.1. The predicted octanol–water partition coefficient (Wildman–Crippen LogP) is 0.894. The van der Waals surface area contributed by atoms with Gasteiger partial charge in [0.2, 0.25) is 0 Å². The van der Waals surface area contributed by atoms with Crippen molar-refractivity contribution in [3.63, 3.8) is 0 Å². The summed E-state index contributed by atoms with van der Waals surface area (Å²) in [5.74, 6) is 0.283. The first kappa shape index (κ1) is 8.22. The van der Waals surface area contributed by atoms with E-state index in [-0.39, 0.29) is 17.8 Å². The molecule has 1 aliphatic carbocycles. The molecule has 1 saturated carbocycles. The van der Waals surface area contributed by atoms with Gasteiger partial charge in [0.15, 0.2) is 5.78 Å². The molecule has 1 rings (SSSR count). The molecule has 1 fully saturated rings. The van der Waals surface area contributed by atoms with Gasteiger partial charge in [0.1, 0.15) is 6.10 Å². The predicted molar refractivity (Wildman–Crippen MR) is 38.8 cm³/mol. The zero-order chi connectivity index (χ0) is 8.27. The van der Waals surface area contributed by atoms with Crippen molar-refractivity contribution in [2.45, 2.75) is 25.4 Å². The maximum Gasteiger partial charge on any atom is 0.161 e. The van der Waals surface area contributed by atoms with Crippen LogP contribution in [0, 0.1) is 17.2 Å². The highest BCUT2D eigenvalue weighted by Gasteiger charge is 2.34. The van der Waals surface area contributed by atoms with Crippen LogP contribution in [0.15, 0.2) is 0 Å². The van der Waals surface area contributed by atoms with Crippen molar-refractivity contribution in [3.8, 4) is 6.07 Å². The minimum absolute atomic E-state index is 0.137. The van der Waals surface area contributed by atoms with Crippen LogP contribution in [0.3, 0.4) is 0 Å². The molecule has 60 valence electrons. The van der Waals surface area contributed by atoms with E-state index in [0.29, 0.717) is 12.8 Å². The Morgan fingerprint density at radius 2 is 2.55 bits per heavy atom. The average Bonchev–Trinajstić information content (AvgIpc) is 2.33. The fourth-order valence-corrected chi connectivity index (χ4v) is 1.53. The lowest BCUT2D eigenvalue weighted by molar-refractivity contribution is -0.127. The van der Waals surface area contributed by atoms with Gasteiger partial charge < -0.3 is 4.74 Å². The van der Waals surface area contributed by atoms with E-state index in [1.807, 2.05) is 0 Å². The number of ketones is 1. The molecule has 3 nitrogen and oxygen atoms in total.